The molecule has 0 atom stereocenters. The van der Waals surface area contributed by atoms with Gasteiger partial charge in [0.15, 0.2) is 0 Å². The summed E-state index contributed by atoms with van der Waals surface area (Å²) >= 11 is 5.49. The van der Waals surface area contributed by atoms with E-state index in [-0.39, 0.29) is 0 Å². The number of aliphatic carboxylic acids is 1. The van der Waals surface area contributed by atoms with Gasteiger partial charge in [0.1, 0.15) is 5.54 Å². The summed E-state index contributed by atoms with van der Waals surface area (Å²) in [6.07, 6.45) is 0. The van der Waals surface area contributed by atoms with Gasteiger partial charge in [-0.15, -0.1) is 0 Å². The van der Waals surface area contributed by atoms with Gasteiger partial charge in [-0.25, -0.2) is 0 Å². The summed E-state index contributed by atoms with van der Waals surface area (Å²) in [5, 5.41) is 8.90. The Morgan fingerprint density at radius 1 is 1.62 bits per heavy atom. The van der Waals surface area contributed by atoms with Gasteiger partial charge >= 0.3 is 5.97 Å². The maximum absolute atomic E-state index is 10.8. The molecule has 1 N–H and O–H groups in total. The molecule has 0 aliphatic rings. The lowest BCUT2D eigenvalue weighted by molar-refractivity contribution is -0.148. The Hall–Kier alpha value is -0.540. The molecule has 0 bridgehead atoms. The van der Waals surface area contributed by atoms with Crippen LogP contribution in [-0.4, -0.2) is 35.1 Å². The maximum atomic E-state index is 10.8. The maximum Gasteiger partial charge on any atom is 0.323 e. The topological polar surface area (TPSA) is 40.5 Å². The first-order chi connectivity index (χ1) is 5.82. The first-order valence-electron chi connectivity index (χ1n) is 4.03. The van der Waals surface area contributed by atoms with Gasteiger partial charge in [-0.05, 0) is 33.4 Å². The van der Waals surface area contributed by atoms with Crippen molar-refractivity contribution in [2.45, 2.75) is 26.3 Å². The molecule has 0 fully saturated rings. The summed E-state index contributed by atoms with van der Waals surface area (Å²) in [7, 11) is 1.76. The normalized spacial score (nSPS) is 13.5. The van der Waals surface area contributed by atoms with Gasteiger partial charge in [0.2, 0.25) is 0 Å². The molecule has 3 nitrogen and oxygen atoms in total. The Balaban J connectivity index is 4.42. The van der Waals surface area contributed by atoms with Crippen molar-refractivity contribution in [3.63, 3.8) is 0 Å². The van der Waals surface area contributed by atoms with Crippen molar-refractivity contribution in [3.8, 4) is 0 Å². The quantitative estimate of drug-likeness (QED) is 0.763. The van der Waals surface area contributed by atoms with Crippen LogP contribution in [0, 0.1) is 0 Å². The molecule has 4 heteroatoms. The highest BCUT2D eigenvalue weighted by molar-refractivity contribution is 6.25. The molecule has 0 rings (SSSR count). The zero-order valence-corrected chi connectivity index (χ0v) is 9.22. The standard InChI is InChI=1S/C9H16ClNO2/c1-7(5-10)6-11(4)9(2,3)8(12)13/h5H,6H2,1-4H3,(H,12,13). The van der Waals surface area contributed by atoms with Crippen molar-refractivity contribution in [2.75, 3.05) is 13.6 Å². The van der Waals surface area contributed by atoms with Crippen molar-refractivity contribution in [1.82, 2.24) is 4.90 Å². The van der Waals surface area contributed by atoms with Crippen LogP contribution in [-0.2, 0) is 4.79 Å². The van der Waals surface area contributed by atoms with Crippen LogP contribution in [0.15, 0.2) is 11.1 Å². The molecule has 76 valence electrons. The Bertz CT molecular complexity index is 224. The molecule has 0 spiro atoms. The second-order valence-corrected chi connectivity index (χ2v) is 3.89. The van der Waals surface area contributed by atoms with Crippen molar-refractivity contribution in [2.24, 2.45) is 0 Å². The van der Waals surface area contributed by atoms with Crippen molar-refractivity contribution >= 4 is 17.6 Å². The minimum Gasteiger partial charge on any atom is -0.480 e. The highest BCUT2D eigenvalue weighted by atomic mass is 35.5. The molecular weight excluding hydrogens is 190 g/mol. The minimum atomic E-state index is -0.860. The molecule has 0 heterocycles. The smallest absolute Gasteiger partial charge is 0.323 e. The zero-order valence-electron chi connectivity index (χ0n) is 8.47. The van der Waals surface area contributed by atoms with Crippen LogP contribution in [0.5, 0.6) is 0 Å². The number of hydrogen-bond acceptors (Lipinski definition) is 2. The largest absolute Gasteiger partial charge is 0.480 e. The lowest BCUT2D eigenvalue weighted by Crippen LogP contribution is -2.48. The lowest BCUT2D eigenvalue weighted by atomic mass is 10.0. The summed E-state index contributed by atoms with van der Waals surface area (Å²) in [6.45, 7) is 5.75. The number of carboxylic acids is 1. The first-order valence-corrected chi connectivity index (χ1v) is 4.46. The molecule has 0 radical (unpaired) electrons. The summed E-state index contributed by atoms with van der Waals surface area (Å²) < 4.78 is 0. The average molecular weight is 206 g/mol. The summed E-state index contributed by atoms with van der Waals surface area (Å²) in [6, 6.07) is 0. The predicted molar refractivity (Wildman–Crippen MR) is 54.0 cm³/mol. The second-order valence-electron chi connectivity index (χ2n) is 3.68. The molecule has 13 heavy (non-hydrogen) atoms. The number of rotatable bonds is 4. The molecule has 0 saturated heterocycles. The highest BCUT2D eigenvalue weighted by Crippen LogP contribution is 2.14. The van der Waals surface area contributed by atoms with Crippen LogP contribution in [0.4, 0.5) is 0 Å². The SMILES string of the molecule is CC(=CCl)CN(C)C(C)(C)C(=O)O. The van der Waals surface area contributed by atoms with E-state index < -0.39 is 11.5 Å². The second kappa shape index (κ2) is 4.63. The molecule has 0 amide bonds. The molecular formula is C9H16ClNO2. The van der Waals surface area contributed by atoms with Gasteiger partial charge < -0.3 is 5.11 Å². The van der Waals surface area contributed by atoms with Gasteiger partial charge in [-0.1, -0.05) is 11.6 Å². The van der Waals surface area contributed by atoms with Crippen LogP contribution in [0.1, 0.15) is 20.8 Å². The van der Waals surface area contributed by atoms with E-state index in [0.717, 1.165) is 5.57 Å². The van der Waals surface area contributed by atoms with E-state index in [2.05, 4.69) is 0 Å². The van der Waals surface area contributed by atoms with Crippen LogP contribution >= 0.6 is 11.6 Å². The van der Waals surface area contributed by atoms with Gasteiger partial charge in [0.05, 0.1) is 0 Å². The van der Waals surface area contributed by atoms with Crippen molar-refractivity contribution in [1.29, 1.82) is 0 Å². The van der Waals surface area contributed by atoms with Gasteiger partial charge in [-0.3, -0.25) is 9.69 Å². The van der Waals surface area contributed by atoms with E-state index in [4.69, 9.17) is 16.7 Å². The molecule has 0 aromatic rings. The van der Waals surface area contributed by atoms with Gasteiger partial charge in [-0.2, -0.15) is 0 Å². The van der Waals surface area contributed by atoms with E-state index >= 15 is 0 Å². The molecule has 0 aliphatic carbocycles. The Morgan fingerprint density at radius 2 is 2.08 bits per heavy atom. The van der Waals surface area contributed by atoms with Gasteiger partial charge in [0, 0.05) is 12.1 Å². The molecule has 0 aromatic carbocycles. The van der Waals surface area contributed by atoms with Crippen molar-refractivity contribution in [3.05, 3.63) is 11.1 Å². The number of hydrogen-bond donors (Lipinski definition) is 1. The monoisotopic (exact) mass is 205 g/mol. The van der Waals surface area contributed by atoms with E-state index in [9.17, 15) is 4.79 Å². The first kappa shape index (κ1) is 12.5. The highest BCUT2D eigenvalue weighted by Gasteiger charge is 2.31. The van der Waals surface area contributed by atoms with Crippen LogP contribution < -0.4 is 0 Å². The fourth-order valence-electron chi connectivity index (χ4n) is 0.770. The van der Waals surface area contributed by atoms with Gasteiger partial charge in [0.25, 0.3) is 0 Å². The molecule has 0 saturated carbocycles. The summed E-state index contributed by atoms with van der Waals surface area (Å²) in [5.41, 5.74) is 1.55. The minimum absolute atomic E-state index is 0.558. The Morgan fingerprint density at radius 3 is 2.38 bits per heavy atom. The third-order valence-corrected chi connectivity index (χ3v) is 2.52. The fraction of sp³-hybridized carbons (Fsp3) is 0.667. The number of nitrogens with zero attached hydrogens (tertiary/aromatic N) is 1. The molecule has 0 unspecified atom stereocenters. The lowest BCUT2D eigenvalue weighted by Gasteiger charge is -2.31. The van der Waals surface area contributed by atoms with E-state index in [1.807, 2.05) is 6.92 Å². The zero-order chi connectivity index (χ0) is 10.6. The number of carbonyl (C=O) groups is 1. The summed E-state index contributed by atoms with van der Waals surface area (Å²) in [5.74, 6) is -0.836. The van der Waals surface area contributed by atoms with E-state index in [1.54, 1.807) is 25.8 Å². The number of likely N-dealkylation sites (N-methyl/N-ethyl adjacent to an activating group) is 1. The Labute approximate surface area is 84.0 Å². The van der Waals surface area contributed by atoms with Crippen LogP contribution in [0.2, 0.25) is 0 Å². The van der Waals surface area contributed by atoms with Crippen molar-refractivity contribution < 1.29 is 9.90 Å². The van der Waals surface area contributed by atoms with E-state index in [0.29, 0.717) is 6.54 Å². The predicted octanol–water partition coefficient (Wildman–Crippen LogP) is 1.92. The van der Waals surface area contributed by atoms with Crippen LogP contribution in [0.3, 0.4) is 0 Å². The molecule has 0 aliphatic heterocycles. The molecule has 0 aromatic heterocycles. The van der Waals surface area contributed by atoms with Crippen LogP contribution in [0.25, 0.3) is 0 Å². The summed E-state index contributed by atoms with van der Waals surface area (Å²) in [4.78, 5) is 12.6. The fourth-order valence-corrected chi connectivity index (χ4v) is 0.839. The number of halogens is 1. The Kier molecular flexibility index (Phi) is 4.44. The number of carboxylic acid groups (broad SMARTS) is 1. The third kappa shape index (κ3) is 3.36. The average Bonchev–Trinajstić information content (AvgIpc) is 2.03. The third-order valence-electron chi connectivity index (χ3n) is 2.15. The van der Waals surface area contributed by atoms with E-state index in [1.165, 1.54) is 5.54 Å².